The van der Waals surface area contributed by atoms with Gasteiger partial charge in [0.25, 0.3) is 5.91 Å². The average Bonchev–Trinajstić information content (AvgIpc) is 2.94. The number of carbonyl (C=O) groups excluding carboxylic acids is 1. The normalized spacial score (nSPS) is 10.7. The molecular formula is C16H17N5OS. The van der Waals surface area contributed by atoms with Crippen molar-refractivity contribution in [2.75, 3.05) is 19.0 Å². The molecule has 1 N–H and O–H groups in total. The maximum absolute atomic E-state index is 12.4. The fourth-order valence-electron chi connectivity index (χ4n) is 2.27. The van der Waals surface area contributed by atoms with Gasteiger partial charge >= 0.3 is 0 Å². The molecule has 7 heteroatoms. The van der Waals surface area contributed by atoms with E-state index in [1.54, 1.807) is 17.5 Å². The van der Waals surface area contributed by atoms with Gasteiger partial charge in [-0.1, -0.05) is 6.07 Å². The highest BCUT2D eigenvalue weighted by atomic mass is 32.1. The summed E-state index contributed by atoms with van der Waals surface area (Å²) in [5, 5.41) is 5.77. The minimum absolute atomic E-state index is 0.176. The molecule has 118 valence electrons. The Hall–Kier alpha value is -2.54. The molecular weight excluding hydrogens is 310 g/mol. The van der Waals surface area contributed by atoms with Gasteiger partial charge in [0.15, 0.2) is 0 Å². The van der Waals surface area contributed by atoms with Crippen LogP contribution >= 0.6 is 11.3 Å². The van der Waals surface area contributed by atoms with Gasteiger partial charge in [0.2, 0.25) is 5.82 Å². The summed E-state index contributed by atoms with van der Waals surface area (Å²) in [6, 6.07) is 5.58. The van der Waals surface area contributed by atoms with Gasteiger partial charge in [-0.15, -0.1) is 11.3 Å². The van der Waals surface area contributed by atoms with Crippen LogP contribution < -0.4 is 10.2 Å². The van der Waals surface area contributed by atoms with E-state index in [2.05, 4.69) is 20.3 Å². The molecule has 0 spiro atoms. The average molecular weight is 327 g/mol. The first kappa shape index (κ1) is 15.4. The number of amides is 1. The molecule has 3 aromatic heterocycles. The number of nitrogens with zero attached hydrogens (tertiary/aromatic N) is 4. The van der Waals surface area contributed by atoms with E-state index < -0.39 is 0 Å². The number of anilines is 1. The summed E-state index contributed by atoms with van der Waals surface area (Å²) in [6.45, 7) is 2.38. The van der Waals surface area contributed by atoms with E-state index in [4.69, 9.17) is 0 Å². The number of fused-ring (bicyclic) bond motifs is 1. The van der Waals surface area contributed by atoms with Crippen LogP contribution in [0.15, 0.2) is 29.8 Å². The Labute approximate surface area is 138 Å². The Morgan fingerprint density at radius 2 is 2.13 bits per heavy atom. The number of aryl methyl sites for hydroxylation is 1. The van der Waals surface area contributed by atoms with Gasteiger partial charge in [0.05, 0.1) is 23.1 Å². The van der Waals surface area contributed by atoms with E-state index >= 15 is 0 Å². The molecule has 3 rings (SSSR count). The highest BCUT2D eigenvalue weighted by molar-refractivity contribution is 7.11. The number of carbonyl (C=O) groups is 1. The zero-order valence-corrected chi connectivity index (χ0v) is 14.0. The van der Waals surface area contributed by atoms with Gasteiger partial charge in [-0.3, -0.25) is 9.78 Å². The quantitative estimate of drug-likeness (QED) is 0.797. The topological polar surface area (TPSA) is 71.0 Å². The number of pyridine rings is 1. The Bertz CT molecular complexity index is 844. The Kier molecular flexibility index (Phi) is 4.20. The van der Waals surface area contributed by atoms with Crippen LogP contribution in [0, 0.1) is 6.92 Å². The first-order valence-corrected chi connectivity index (χ1v) is 8.05. The molecule has 1 amide bonds. The summed E-state index contributed by atoms with van der Waals surface area (Å²) in [5.74, 6) is 0.635. The van der Waals surface area contributed by atoms with Gasteiger partial charge in [-0.25, -0.2) is 9.97 Å². The van der Waals surface area contributed by atoms with Crippen molar-refractivity contribution in [2.45, 2.75) is 13.5 Å². The third-order valence-corrected chi connectivity index (χ3v) is 4.30. The van der Waals surface area contributed by atoms with Gasteiger partial charge < -0.3 is 10.2 Å². The molecule has 0 bridgehead atoms. The largest absolute Gasteiger partial charge is 0.362 e. The number of nitrogens with one attached hydrogen (secondary N) is 1. The van der Waals surface area contributed by atoms with Crippen molar-refractivity contribution in [1.82, 2.24) is 20.3 Å². The van der Waals surface area contributed by atoms with Crippen LogP contribution in [0.5, 0.6) is 0 Å². The summed E-state index contributed by atoms with van der Waals surface area (Å²) in [6.07, 6.45) is 1.70. The summed E-state index contributed by atoms with van der Waals surface area (Å²) >= 11 is 1.61. The molecule has 0 aliphatic rings. The minimum atomic E-state index is -0.301. The first-order valence-electron chi connectivity index (χ1n) is 7.17. The summed E-state index contributed by atoms with van der Waals surface area (Å²) in [4.78, 5) is 28.4. The molecule has 0 unspecified atom stereocenters. The molecule has 23 heavy (non-hydrogen) atoms. The van der Waals surface area contributed by atoms with Crippen LogP contribution in [0.1, 0.15) is 21.2 Å². The fraction of sp³-hybridized carbons (Fsp3) is 0.250. The molecule has 0 aromatic carbocycles. The predicted octanol–water partition coefficient (Wildman–Crippen LogP) is 2.39. The Morgan fingerprint density at radius 3 is 2.83 bits per heavy atom. The van der Waals surface area contributed by atoms with Crippen LogP contribution in [0.2, 0.25) is 0 Å². The Morgan fingerprint density at radius 1 is 1.30 bits per heavy atom. The summed E-state index contributed by atoms with van der Waals surface area (Å²) < 4.78 is 0. The van der Waals surface area contributed by atoms with Crippen molar-refractivity contribution in [1.29, 1.82) is 0 Å². The lowest BCUT2D eigenvalue weighted by Crippen LogP contribution is -2.26. The van der Waals surface area contributed by atoms with Crippen molar-refractivity contribution in [3.63, 3.8) is 0 Å². The standard InChI is InChI=1S/C16H17N5OS/c1-10-13-12(9-23-10)19-14(20-15(13)21(2)3)16(22)18-8-11-6-4-5-7-17-11/h4-7,9H,8H2,1-3H3,(H,18,22). The van der Waals surface area contributed by atoms with Crippen molar-refractivity contribution in [3.05, 3.63) is 46.2 Å². The SMILES string of the molecule is Cc1scc2nc(C(=O)NCc3ccccn3)nc(N(C)C)c12. The van der Waals surface area contributed by atoms with E-state index in [9.17, 15) is 4.79 Å². The van der Waals surface area contributed by atoms with Crippen LogP contribution in [0.25, 0.3) is 10.9 Å². The smallest absolute Gasteiger partial charge is 0.289 e. The molecule has 0 aliphatic carbocycles. The van der Waals surface area contributed by atoms with Crippen LogP contribution in [-0.2, 0) is 6.54 Å². The molecule has 3 aromatic rings. The monoisotopic (exact) mass is 327 g/mol. The molecule has 6 nitrogen and oxygen atoms in total. The second-order valence-electron chi connectivity index (χ2n) is 5.32. The zero-order chi connectivity index (χ0) is 16.4. The van der Waals surface area contributed by atoms with E-state index in [-0.39, 0.29) is 11.7 Å². The Balaban J connectivity index is 1.88. The minimum Gasteiger partial charge on any atom is -0.362 e. The lowest BCUT2D eigenvalue weighted by atomic mass is 10.2. The summed E-state index contributed by atoms with van der Waals surface area (Å²) in [7, 11) is 3.82. The number of rotatable bonds is 4. The highest BCUT2D eigenvalue weighted by Crippen LogP contribution is 2.30. The maximum Gasteiger partial charge on any atom is 0.289 e. The van der Waals surface area contributed by atoms with Crippen LogP contribution in [-0.4, -0.2) is 35.0 Å². The third-order valence-electron chi connectivity index (χ3n) is 3.40. The van der Waals surface area contributed by atoms with Crippen molar-refractivity contribution in [3.8, 4) is 0 Å². The van der Waals surface area contributed by atoms with E-state index in [0.717, 1.165) is 27.3 Å². The number of hydrogen-bond acceptors (Lipinski definition) is 6. The third kappa shape index (κ3) is 3.14. The second-order valence-corrected chi connectivity index (χ2v) is 6.40. The molecule has 0 fully saturated rings. The van der Waals surface area contributed by atoms with Crippen molar-refractivity contribution >= 4 is 34.0 Å². The maximum atomic E-state index is 12.4. The summed E-state index contributed by atoms with van der Waals surface area (Å²) in [5.41, 5.74) is 1.59. The van der Waals surface area contributed by atoms with Gasteiger partial charge in [-0.2, -0.15) is 0 Å². The van der Waals surface area contributed by atoms with E-state index in [1.165, 1.54) is 0 Å². The van der Waals surface area contributed by atoms with Gasteiger partial charge in [0.1, 0.15) is 5.82 Å². The molecule has 0 radical (unpaired) electrons. The van der Waals surface area contributed by atoms with Crippen LogP contribution in [0.4, 0.5) is 5.82 Å². The van der Waals surface area contributed by atoms with Gasteiger partial charge in [-0.05, 0) is 19.1 Å². The predicted molar refractivity (Wildman–Crippen MR) is 91.9 cm³/mol. The molecule has 3 heterocycles. The lowest BCUT2D eigenvalue weighted by Gasteiger charge is -2.14. The number of aromatic nitrogens is 3. The highest BCUT2D eigenvalue weighted by Gasteiger charge is 2.17. The van der Waals surface area contributed by atoms with Crippen LogP contribution in [0.3, 0.4) is 0 Å². The molecule has 0 aliphatic heterocycles. The zero-order valence-electron chi connectivity index (χ0n) is 13.2. The first-order chi connectivity index (χ1) is 11.1. The van der Waals surface area contributed by atoms with E-state index in [0.29, 0.717) is 6.54 Å². The number of hydrogen-bond donors (Lipinski definition) is 1. The second kappa shape index (κ2) is 6.29. The molecule has 0 saturated carbocycles. The van der Waals surface area contributed by atoms with E-state index in [1.807, 2.05) is 49.5 Å². The van der Waals surface area contributed by atoms with Crippen molar-refractivity contribution in [2.24, 2.45) is 0 Å². The fourth-order valence-corrected chi connectivity index (χ4v) is 3.04. The molecule has 0 atom stereocenters. The molecule has 0 saturated heterocycles. The van der Waals surface area contributed by atoms with Crippen molar-refractivity contribution < 1.29 is 4.79 Å². The number of thiophene rings is 1. The lowest BCUT2D eigenvalue weighted by molar-refractivity contribution is 0.0940. The van der Waals surface area contributed by atoms with Gasteiger partial charge in [0, 0.05) is 30.5 Å².